The van der Waals surface area contributed by atoms with Gasteiger partial charge >= 0.3 is 0 Å². The van der Waals surface area contributed by atoms with Gasteiger partial charge in [0.25, 0.3) is 0 Å². The largest absolute Gasteiger partial charge is 0.366 e. The van der Waals surface area contributed by atoms with Gasteiger partial charge in [-0.1, -0.05) is 39.8 Å². The second-order valence-electron chi connectivity index (χ2n) is 6.55. The second-order valence-corrected chi connectivity index (χ2v) is 8.44. The average Bonchev–Trinajstić information content (AvgIpc) is 2.59. The summed E-state index contributed by atoms with van der Waals surface area (Å²) in [6.45, 7) is 8.81. The first-order valence-electron chi connectivity index (χ1n) is 8.38. The van der Waals surface area contributed by atoms with E-state index < -0.39 is 10.0 Å². The number of hydrogen-bond acceptors (Lipinski definition) is 5. The molecule has 7 heteroatoms. The maximum absolute atomic E-state index is 11.9. The van der Waals surface area contributed by atoms with Crippen molar-refractivity contribution < 1.29 is 8.42 Å². The predicted octanol–water partition coefficient (Wildman–Crippen LogP) is 3.24. The molecule has 0 fully saturated rings. The van der Waals surface area contributed by atoms with Crippen molar-refractivity contribution >= 4 is 15.8 Å². The molecule has 0 amide bonds. The molecule has 0 spiro atoms. The van der Waals surface area contributed by atoms with Crippen LogP contribution in [0.4, 0.5) is 5.82 Å². The zero-order valence-corrected chi connectivity index (χ0v) is 16.2. The van der Waals surface area contributed by atoms with Gasteiger partial charge in [0, 0.05) is 24.2 Å². The summed E-state index contributed by atoms with van der Waals surface area (Å²) in [4.78, 5) is 9.42. The fraction of sp³-hybridized carbons (Fsp3) is 0.444. The highest BCUT2D eigenvalue weighted by Gasteiger charge is 2.13. The quantitative estimate of drug-likeness (QED) is 0.790. The lowest BCUT2D eigenvalue weighted by atomic mass is 10.1. The summed E-state index contributed by atoms with van der Waals surface area (Å²) in [6.07, 6.45) is 0. The molecule has 136 valence electrons. The average molecular weight is 362 g/mol. The highest BCUT2D eigenvalue weighted by Crippen LogP contribution is 2.20. The number of rotatable bonds is 7. The molecule has 0 radical (unpaired) electrons. The van der Waals surface area contributed by atoms with E-state index in [1.165, 1.54) is 7.05 Å². The monoisotopic (exact) mass is 362 g/mol. The van der Waals surface area contributed by atoms with E-state index in [0.717, 1.165) is 22.9 Å². The minimum atomic E-state index is -3.44. The number of anilines is 1. The Morgan fingerprint density at radius 3 is 2.36 bits per heavy atom. The Morgan fingerprint density at radius 2 is 1.76 bits per heavy atom. The molecule has 2 rings (SSSR count). The lowest BCUT2D eigenvalue weighted by Crippen LogP contribution is -2.18. The van der Waals surface area contributed by atoms with Gasteiger partial charge in [-0.2, -0.15) is 0 Å². The fourth-order valence-electron chi connectivity index (χ4n) is 2.26. The van der Waals surface area contributed by atoms with Crippen LogP contribution in [0.25, 0.3) is 0 Å². The van der Waals surface area contributed by atoms with Crippen LogP contribution in [-0.2, 0) is 16.6 Å². The minimum Gasteiger partial charge on any atom is -0.366 e. The first-order chi connectivity index (χ1) is 11.7. The molecule has 25 heavy (non-hydrogen) atoms. The number of sulfonamides is 1. The summed E-state index contributed by atoms with van der Waals surface area (Å²) in [6, 6.07) is 8.81. The van der Waals surface area contributed by atoms with Gasteiger partial charge in [-0.15, -0.1) is 0 Å². The predicted molar refractivity (Wildman–Crippen MR) is 100 cm³/mol. The van der Waals surface area contributed by atoms with Gasteiger partial charge in [-0.3, -0.25) is 0 Å². The maximum Gasteiger partial charge on any atom is 0.240 e. The van der Waals surface area contributed by atoms with Gasteiger partial charge in [0.05, 0.1) is 4.90 Å². The molecule has 0 aliphatic rings. The van der Waals surface area contributed by atoms with Crippen molar-refractivity contribution in [3.05, 3.63) is 47.4 Å². The zero-order valence-electron chi connectivity index (χ0n) is 15.4. The van der Waals surface area contributed by atoms with Gasteiger partial charge in [-0.25, -0.2) is 23.1 Å². The lowest BCUT2D eigenvalue weighted by Gasteiger charge is -2.14. The van der Waals surface area contributed by atoms with Crippen molar-refractivity contribution in [3.63, 3.8) is 0 Å². The van der Waals surface area contributed by atoms with Crippen molar-refractivity contribution in [2.45, 2.75) is 51.0 Å². The van der Waals surface area contributed by atoms with E-state index in [0.29, 0.717) is 12.5 Å². The zero-order chi connectivity index (χ0) is 18.6. The van der Waals surface area contributed by atoms with E-state index in [4.69, 9.17) is 0 Å². The molecule has 2 aromatic rings. The van der Waals surface area contributed by atoms with Crippen LogP contribution in [0.3, 0.4) is 0 Å². The summed E-state index contributed by atoms with van der Waals surface area (Å²) in [7, 11) is -2.04. The van der Waals surface area contributed by atoms with Crippen LogP contribution in [0.2, 0.25) is 0 Å². The maximum atomic E-state index is 11.9. The van der Waals surface area contributed by atoms with Crippen LogP contribution in [0.1, 0.15) is 56.6 Å². The Morgan fingerprint density at radius 1 is 1.04 bits per heavy atom. The molecule has 6 nitrogen and oxygen atoms in total. The highest BCUT2D eigenvalue weighted by molar-refractivity contribution is 7.89. The van der Waals surface area contributed by atoms with Gasteiger partial charge in [0.15, 0.2) is 0 Å². The Kier molecular flexibility index (Phi) is 6.13. The minimum absolute atomic E-state index is 0.239. The molecule has 0 atom stereocenters. The Balaban J connectivity index is 2.23. The molecular formula is C18H26N4O2S. The summed E-state index contributed by atoms with van der Waals surface area (Å²) in [5.74, 6) is 2.11. The van der Waals surface area contributed by atoms with E-state index in [1.54, 1.807) is 18.2 Å². The van der Waals surface area contributed by atoms with Crippen molar-refractivity contribution in [1.29, 1.82) is 0 Å². The van der Waals surface area contributed by atoms with E-state index >= 15 is 0 Å². The number of nitrogens with zero attached hydrogens (tertiary/aromatic N) is 2. The number of aromatic nitrogens is 2. The van der Waals surface area contributed by atoms with E-state index in [9.17, 15) is 8.42 Å². The van der Waals surface area contributed by atoms with Crippen molar-refractivity contribution in [2.24, 2.45) is 0 Å². The molecule has 2 N–H and O–H groups in total. The Labute approximate surface area is 150 Å². The topological polar surface area (TPSA) is 84.0 Å². The van der Waals surface area contributed by atoms with Crippen molar-refractivity contribution in [2.75, 3.05) is 12.4 Å². The summed E-state index contributed by atoms with van der Waals surface area (Å²) in [5, 5.41) is 3.28. The molecule has 0 aliphatic carbocycles. The molecular weight excluding hydrogens is 336 g/mol. The normalized spacial score (nSPS) is 12.0. The van der Waals surface area contributed by atoms with E-state index in [1.807, 2.05) is 12.1 Å². The molecule has 1 heterocycles. The third-order valence-corrected chi connectivity index (χ3v) is 5.23. The molecule has 1 aromatic carbocycles. The smallest absolute Gasteiger partial charge is 0.240 e. The van der Waals surface area contributed by atoms with Crippen molar-refractivity contribution in [3.8, 4) is 0 Å². The molecule has 0 saturated carbocycles. The first kappa shape index (κ1) is 19.3. The Hall–Kier alpha value is -1.99. The molecule has 0 saturated heterocycles. The van der Waals surface area contributed by atoms with Crippen LogP contribution in [0.15, 0.2) is 35.2 Å². The molecule has 0 bridgehead atoms. The molecule has 0 unspecified atom stereocenters. The standard InChI is InChI=1S/C18H26N4O2S/c1-12(2)16-10-17(22-18(21-16)13(3)4)20-11-14-7-6-8-15(9-14)25(23,24)19-5/h6-10,12-13,19H,11H2,1-5H3,(H,20,21,22). The lowest BCUT2D eigenvalue weighted by molar-refractivity contribution is 0.588. The summed E-state index contributed by atoms with van der Waals surface area (Å²) >= 11 is 0. The Bertz CT molecular complexity index is 806. The van der Waals surface area contributed by atoms with Gasteiger partial charge < -0.3 is 5.32 Å². The third kappa shape index (κ3) is 4.99. The SMILES string of the molecule is CNS(=O)(=O)c1cccc(CNc2cc(C(C)C)nc(C(C)C)n2)c1. The summed E-state index contributed by atoms with van der Waals surface area (Å²) < 4.78 is 26.2. The van der Waals surface area contributed by atoms with Crippen molar-refractivity contribution in [1.82, 2.24) is 14.7 Å². The van der Waals surface area contributed by atoms with E-state index in [2.05, 4.69) is 47.7 Å². The third-order valence-electron chi connectivity index (χ3n) is 3.82. The van der Waals surface area contributed by atoms with Crippen LogP contribution >= 0.6 is 0 Å². The number of benzene rings is 1. The molecule has 0 aliphatic heterocycles. The van der Waals surface area contributed by atoms with Gasteiger partial charge in [-0.05, 0) is 30.7 Å². The number of nitrogens with one attached hydrogen (secondary N) is 2. The van der Waals surface area contributed by atoms with Crippen LogP contribution < -0.4 is 10.0 Å². The second kappa shape index (κ2) is 7.93. The number of hydrogen-bond donors (Lipinski definition) is 2. The van der Waals surface area contributed by atoms with Crippen LogP contribution in [0, 0.1) is 0 Å². The van der Waals surface area contributed by atoms with Gasteiger partial charge in [0.1, 0.15) is 11.6 Å². The van der Waals surface area contributed by atoms with Crippen LogP contribution in [-0.4, -0.2) is 25.4 Å². The summed E-state index contributed by atoms with van der Waals surface area (Å²) in [5.41, 5.74) is 1.86. The highest BCUT2D eigenvalue weighted by atomic mass is 32.2. The van der Waals surface area contributed by atoms with Crippen LogP contribution in [0.5, 0.6) is 0 Å². The molecule has 1 aromatic heterocycles. The van der Waals surface area contributed by atoms with Gasteiger partial charge in [0.2, 0.25) is 10.0 Å². The van der Waals surface area contributed by atoms with E-state index in [-0.39, 0.29) is 10.8 Å². The fourth-order valence-corrected chi connectivity index (χ4v) is 3.06. The first-order valence-corrected chi connectivity index (χ1v) is 9.86.